The summed E-state index contributed by atoms with van der Waals surface area (Å²) in [5.74, 6) is 0.484. The molecule has 1 N–H and O–H groups in total. The zero-order valence-electron chi connectivity index (χ0n) is 9.15. The predicted octanol–water partition coefficient (Wildman–Crippen LogP) is 1.30. The molecular formula is C10H15N3O2. The Hall–Kier alpha value is -1.78. The van der Waals surface area contributed by atoms with Gasteiger partial charge in [0.25, 0.3) is 0 Å². The third-order valence-corrected chi connectivity index (χ3v) is 1.77. The van der Waals surface area contributed by atoms with Gasteiger partial charge in [-0.3, -0.25) is 4.68 Å². The second-order valence-electron chi connectivity index (χ2n) is 3.04. The average molecular weight is 209 g/mol. The third-order valence-electron chi connectivity index (χ3n) is 1.77. The van der Waals surface area contributed by atoms with E-state index in [1.807, 2.05) is 13.1 Å². The maximum Gasteiger partial charge on any atom is 0.332 e. The van der Waals surface area contributed by atoms with Crippen molar-refractivity contribution < 1.29 is 9.53 Å². The summed E-state index contributed by atoms with van der Waals surface area (Å²) < 4.78 is 6.47. The van der Waals surface area contributed by atoms with E-state index in [1.54, 1.807) is 24.7 Å². The van der Waals surface area contributed by atoms with Crippen LogP contribution in [0.5, 0.6) is 0 Å². The molecule has 0 saturated carbocycles. The van der Waals surface area contributed by atoms with E-state index in [2.05, 4.69) is 10.4 Å². The van der Waals surface area contributed by atoms with Crippen LogP contribution in [0.2, 0.25) is 0 Å². The molecule has 0 atom stereocenters. The Morgan fingerprint density at radius 1 is 1.73 bits per heavy atom. The van der Waals surface area contributed by atoms with Crippen molar-refractivity contribution in [3.8, 4) is 0 Å². The van der Waals surface area contributed by atoms with Crippen molar-refractivity contribution in [2.24, 2.45) is 7.05 Å². The van der Waals surface area contributed by atoms with Crippen LogP contribution in [0, 0.1) is 0 Å². The number of ether oxygens (including phenoxy) is 1. The van der Waals surface area contributed by atoms with Crippen molar-refractivity contribution in [3.63, 3.8) is 0 Å². The highest BCUT2D eigenvalue weighted by Gasteiger charge is 2.00. The molecule has 5 heteroatoms. The quantitative estimate of drug-likeness (QED) is 0.600. The van der Waals surface area contributed by atoms with Crippen LogP contribution < -0.4 is 5.32 Å². The second kappa shape index (κ2) is 5.19. The lowest BCUT2D eigenvalue weighted by Gasteiger charge is -2.06. The van der Waals surface area contributed by atoms with Crippen molar-refractivity contribution in [1.82, 2.24) is 9.78 Å². The van der Waals surface area contributed by atoms with Gasteiger partial charge in [-0.05, 0) is 13.8 Å². The minimum absolute atomic E-state index is 0.343. The highest BCUT2D eigenvalue weighted by molar-refractivity contribution is 5.83. The van der Waals surface area contributed by atoms with Crippen molar-refractivity contribution in [3.05, 3.63) is 24.0 Å². The van der Waals surface area contributed by atoms with E-state index in [-0.39, 0.29) is 5.97 Å². The first-order valence-corrected chi connectivity index (χ1v) is 4.73. The molecule has 0 aliphatic heterocycles. The first kappa shape index (κ1) is 11.3. The topological polar surface area (TPSA) is 56.1 Å². The molecule has 1 rings (SSSR count). The second-order valence-corrected chi connectivity index (χ2v) is 3.04. The molecule has 0 amide bonds. The molecule has 1 heterocycles. The molecular weight excluding hydrogens is 194 g/mol. The van der Waals surface area contributed by atoms with Crippen LogP contribution in [0.3, 0.4) is 0 Å². The van der Waals surface area contributed by atoms with Gasteiger partial charge in [-0.2, -0.15) is 5.10 Å². The highest BCUT2D eigenvalue weighted by Crippen LogP contribution is 2.07. The molecule has 82 valence electrons. The Morgan fingerprint density at radius 3 is 3.00 bits per heavy atom. The number of aromatic nitrogens is 2. The lowest BCUT2D eigenvalue weighted by molar-refractivity contribution is -0.137. The first-order chi connectivity index (χ1) is 7.13. The molecule has 0 aromatic carbocycles. The Morgan fingerprint density at radius 2 is 2.47 bits per heavy atom. The van der Waals surface area contributed by atoms with Gasteiger partial charge in [-0.1, -0.05) is 0 Å². The molecule has 1 aromatic rings. The summed E-state index contributed by atoms with van der Waals surface area (Å²) in [5.41, 5.74) is 0.719. The molecule has 0 spiro atoms. The van der Waals surface area contributed by atoms with Crippen molar-refractivity contribution in [2.45, 2.75) is 13.8 Å². The summed E-state index contributed by atoms with van der Waals surface area (Å²) in [4.78, 5) is 11.1. The van der Waals surface area contributed by atoms with Crippen LogP contribution >= 0.6 is 0 Å². The summed E-state index contributed by atoms with van der Waals surface area (Å²) in [6.07, 6.45) is 3.09. The number of esters is 1. The Labute approximate surface area is 88.7 Å². The van der Waals surface area contributed by atoms with E-state index in [0.29, 0.717) is 6.61 Å². The van der Waals surface area contributed by atoms with Gasteiger partial charge in [0.1, 0.15) is 5.82 Å². The number of hydrogen-bond donors (Lipinski definition) is 1. The van der Waals surface area contributed by atoms with Crippen LogP contribution in [-0.4, -0.2) is 22.4 Å². The summed E-state index contributed by atoms with van der Waals surface area (Å²) >= 11 is 0. The van der Waals surface area contributed by atoms with E-state index >= 15 is 0 Å². The largest absolute Gasteiger partial charge is 0.463 e. The number of nitrogens with one attached hydrogen (secondary N) is 1. The fraction of sp³-hybridized carbons (Fsp3) is 0.400. The van der Waals surface area contributed by atoms with Gasteiger partial charge in [0.05, 0.1) is 12.8 Å². The summed E-state index contributed by atoms with van der Waals surface area (Å²) in [6.45, 7) is 3.95. The molecule has 0 radical (unpaired) electrons. The van der Waals surface area contributed by atoms with Crippen LogP contribution in [0.1, 0.15) is 13.8 Å². The molecule has 0 saturated heterocycles. The fourth-order valence-electron chi connectivity index (χ4n) is 1.10. The first-order valence-electron chi connectivity index (χ1n) is 4.73. The molecule has 5 nitrogen and oxygen atoms in total. The van der Waals surface area contributed by atoms with Crippen LogP contribution in [0.25, 0.3) is 0 Å². The number of carbonyl (C=O) groups is 1. The predicted molar refractivity (Wildman–Crippen MR) is 57.2 cm³/mol. The third kappa shape index (κ3) is 3.46. The van der Waals surface area contributed by atoms with Crippen molar-refractivity contribution >= 4 is 11.8 Å². The molecule has 0 fully saturated rings. The molecule has 15 heavy (non-hydrogen) atoms. The molecule has 0 aliphatic rings. The van der Waals surface area contributed by atoms with Crippen molar-refractivity contribution in [1.29, 1.82) is 0 Å². The monoisotopic (exact) mass is 209 g/mol. The maximum atomic E-state index is 11.1. The average Bonchev–Trinajstić information content (AvgIpc) is 2.52. The number of carbonyl (C=O) groups excluding carboxylic acids is 1. The minimum atomic E-state index is -0.343. The molecule has 0 bridgehead atoms. The number of allylic oxidation sites excluding steroid dienone is 1. The smallest absolute Gasteiger partial charge is 0.332 e. The molecule has 1 aromatic heterocycles. The van der Waals surface area contributed by atoms with Gasteiger partial charge in [0.15, 0.2) is 0 Å². The minimum Gasteiger partial charge on any atom is -0.463 e. The maximum absolute atomic E-state index is 11.1. The number of hydrogen-bond acceptors (Lipinski definition) is 4. The van der Waals surface area contributed by atoms with E-state index in [9.17, 15) is 4.79 Å². The van der Waals surface area contributed by atoms with E-state index in [1.165, 1.54) is 6.08 Å². The Kier molecular flexibility index (Phi) is 3.91. The Balaban J connectivity index is 2.59. The molecule has 0 unspecified atom stereocenters. The summed E-state index contributed by atoms with van der Waals surface area (Å²) in [5, 5.41) is 7.04. The number of anilines is 1. The highest BCUT2D eigenvalue weighted by atomic mass is 16.5. The lowest BCUT2D eigenvalue weighted by Crippen LogP contribution is -2.06. The van der Waals surface area contributed by atoms with E-state index < -0.39 is 0 Å². The zero-order chi connectivity index (χ0) is 11.3. The number of nitrogens with zero attached hydrogens (tertiary/aromatic N) is 2. The van der Waals surface area contributed by atoms with E-state index in [0.717, 1.165) is 11.5 Å². The summed E-state index contributed by atoms with van der Waals surface area (Å²) in [6, 6.07) is 1.82. The van der Waals surface area contributed by atoms with Crippen LogP contribution in [0.4, 0.5) is 5.82 Å². The fourth-order valence-corrected chi connectivity index (χ4v) is 1.10. The van der Waals surface area contributed by atoms with Gasteiger partial charge < -0.3 is 10.1 Å². The molecule has 0 aliphatic carbocycles. The number of aryl methyl sites for hydroxylation is 1. The van der Waals surface area contributed by atoms with Gasteiger partial charge in [-0.15, -0.1) is 0 Å². The van der Waals surface area contributed by atoms with Crippen LogP contribution in [-0.2, 0) is 16.6 Å². The van der Waals surface area contributed by atoms with E-state index in [4.69, 9.17) is 4.74 Å². The van der Waals surface area contributed by atoms with Gasteiger partial charge in [0, 0.05) is 24.9 Å². The zero-order valence-corrected chi connectivity index (χ0v) is 9.15. The normalized spacial score (nSPS) is 11.3. The van der Waals surface area contributed by atoms with Crippen molar-refractivity contribution in [2.75, 3.05) is 11.9 Å². The van der Waals surface area contributed by atoms with Gasteiger partial charge in [0.2, 0.25) is 0 Å². The van der Waals surface area contributed by atoms with Gasteiger partial charge >= 0.3 is 5.97 Å². The number of rotatable bonds is 4. The lowest BCUT2D eigenvalue weighted by atomic mass is 10.4. The SMILES string of the molecule is CCOC(=O)/C=C(/C)Nc1ccnn1C. The van der Waals surface area contributed by atoms with Gasteiger partial charge in [-0.25, -0.2) is 4.79 Å². The standard InChI is InChI=1S/C10H15N3O2/c1-4-15-10(14)7-8(2)12-9-5-6-11-13(9)3/h5-7,12H,4H2,1-3H3/b8-7-. The summed E-state index contributed by atoms with van der Waals surface area (Å²) in [7, 11) is 1.82. The van der Waals surface area contributed by atoms with Crippen LogP contribution in [0.15, 0.2) is 24.0 Å². The Bertz CT molecular complexity index is 368.